The summed E-state index contributed by atoms with van der Waals surface area (Å²) in [5.41, 5.74) is 1.11. The van der Waals surface area contributed by atoms with E-state index in [0.717, 1.165) is 13.0 Å². The number of hydrogen-bond acceptors (Lipinski definition) is 1. The molecule has 1 aromatic carbocycles. The van der Waals surface area contributed by atoms with Crippen molar-refractivity contribution in [3.05, 3.63) is 42.0 Å². The fourth-order valence-corrected chi connectivity index (χ4v) is 2.80. The van der Waals surface area contributed by atoms with Crippen LogP contribution in [0.1, 0.15) is 77.7 Å². The summed E-state index contributed by atoms with van der Waals surface area (Å²) >= 11 is 0. The topological polar surface area (TPSA) is 9.23 Å². The third-order valence-electron chi connectivity index (χ3n) is 4.18. The Labute approximate surface area is 137 Å². The van der Waals surface area contributed by atoms with Crippen LogP contribution in [-0.4, -0.2) is 12.2 Å². The van der Waals surface area contributed by atoms with Crippen LogP contribution in [0.4, 0.5) is 0 Å². The Morgan fingerprint density at radius 1 is 0.909 bits per heavy atom. The molecule has 0 spiro atoms. The highest BCUT2D eigenvalue weighted by atomic mass is 16.5. The van der Waals surface area contributed by atoms with Crippen LogP contribution in [0, 0.1) is 0 Å². The Kier molecular flexibility index (Phi) is 9.90. The third kappa shape index (κ3) is 8.38. The van der Waals surface area contributed by atoms with Gasteiger partial charge in [0.25, 0.3) is 0 Å². The van der Waals surface area contributed by atoms with E-state index in [2.05, 4.69) is 63.3 Å². The van der Waals surface area contributed by atoms with Crippen molar-refractivity contribution in [1.29, 1.82) is 0 Å². The van der Waals surface area contributed by atoms with E-state index < -0.39 is 0 Å². The quantitative estimate of drug-likeness (QED) is 0.393. The highest BCUT2D eigenvalue weighted by molar-refractivity contribution is 5.50. The van der Waals surface area contributed by atoms with Crippen molar-refractivity contribution < 1.29 is 4.74 Å². The molecule has 0 aliphatic rings. The molecular weight excluding hydrogens is 268 g/mol. The molecule has 1 atom stereocenters. The average Bonchev–Trinajstić information content (AvgIpc) is 2.54. The first-order valence-corrected chi connectivity index (χ1v) is 9.08. The largest absolute Gasteiger partial charge is 0.371 e. The first kappa shape index (κ1) is 19.0. The van der Waals surface area contributed by atoms with E-state index in [4.69, 9.17) is 4.74 Å². The number of ether oxygens (including phenoxy) is 1. The van der Waals surface area contributed by atoms with Gasteiger partial charge in [-0.2, -0.15) is 0 Å². The molecule has 1 rings (SSSR count). The minimum Gasteiger partial charge on any atom is -0.371 e. The van der Waals surface area contributed by atoms with Crippen LogP contribution >= 0.6 is 0 Å². The monoisotopic (exact) mass is 302 g/mol. The van der Waals surface area contributed by atoms with Gasteiger partial charge in [-0.05, 0) is 25.8 Å². The number of rotatable bonds is 12. The van der Waals surface area contributed by atoms with Crippen molar-refractivity contribution in [2.24, 2.45) is 0 Å². The lowest BCUT2D eigenvalue weighted by molar-refractivity contribution is 0.00622. The molecule has 0 aromatic heterocycles. The molecule has 1 unspecified atom stereocenters. The molecule has 0 aliphatic heterocycles. The van der Waals surface area contributed by atoms with Gasteiger partial charge in [-0.3, -0.25) is 0 Å². The van der Waals surface area contributed by atoms with Crippen molar-refractivity contribution >= 4 is 6.08 Å². The van der Waals surface area contributed by atoms with E-state index in [1.54, 1.807) is 0 Å². The lowest BCUT2D eigenvalue weighted by Crippen LogP contribution is -2.26. The zero-order chi connectivity index (χ0) is 16.1. The van der Waals surface area contributed by atoms with E-state index in [1.165, 1.54) is 50.5 Å². The van der Waals surface area contributed by atoms with Gasteiger partial charge in [0.15, 0.2) is 0 Å². The van der Waals surface area contributed by atoms with Gasteiger partial charge < -0.3 is 4.74 Å². The molecule has 0 amide bonds. The first-order chi connectivity index (χ1) is 10.7. The minimum atomic E-state index is -0.131. The first-order valence-electron chi connectivity index (χ1n) is 9.08. The van der Waals surface area contributed by atoms with Crippen LogP contribution in [0.2, 0.25) is 0 Å². The van der Waals surface area contributed by atoms with Gasteiger partial charge in [0.05, 0.1) is 5.60 Å². The van der Waals surface area contributed by atoms with Gasteiger partial charge in [0.1, 0.15) is 0 Å². The summed E-state index contributed by atoms with van der Waals surface area (Å²) < 4.78 is 6.01. The number of hydrogen-bond donors (Lipinski definition) is 0. The van der Waals surface area contributed by atoms with Gasteiger partial charge in [0.2, 0.25) is 0 Å². The molecule has 22 heavy (non-hydrogen) atoms. The summed E-state index contributed by atoms with van der Waals surface area (Å²) in [6, 6.07) is 10.5. The maximum absolute atomic E-state index is 6.01. The van der Waals surface area contributed by atoms with Gasteiger partial charge in [-0.1, -0.05) is 94.4 Å². The summed E-state index contributed by atoms with van der Waals surface area (Å²) in [4.78, 5) is 0. The van der Waals surface area contributed by atoms with Gasteiger partial charge in [-0.25, -0.2) is 0 Å². The lowest BCUT2D eigenvalue weighted by atomic mass is 9.95. The molecule has 1 aromatic rings. The Morgan fingerprint density at radius 3 is 2.18 bits per heavy atom. The predicted octanol–water partition coefficient (Wildman–Crippen LogP) is 6.64. The molecule has 0 heterocycles. The van der Waals surface area contributed by atoms with Crippen LogP contribution in [0.15, 0.2) is 36.4 Å². The zero-order valence-corrected chi connectivity index (χ0v) is 14.8. The second kappa shape index (κ2) is 11.5. The third-order valence-corrected chi connectivity index (χ3v) is 4.18. The van der Waals surface area contributed by atoms with Crippen molar-refractivity contribution in [3.8, 4) is 0 Å². The van der Waals surface area contributed by atoms with Crippen molar-refractivity contribution in [2.75, 3.05) is 6.61 Å². The summed E-state index contributed by atoms with van der Waals surface area (Å²) in [6.07, 6.45) is 15.0. The molecule has 0 aliphatic carbocycles. The Balaban J connectivity index is 2.37. The van der Waals surface area contributed by atoms with E-state index in [-0.39, 0.29) is 5.60 Å². The Bertz CT molecular complexity index is 396. The summed E-state index contributed by atoms with van der Waals surface area (Å²) in [5.74, 6) is 0. The highest BCUT2D eigenvalue weighted by Gasteiger charge is 2.20. The lowest BCUT2D eigenvalue weighted by Gasteiger charge is -2.26. The summed E-state index contributed by atoms with van der Waals surface area (Å²) in [5, 5.41) is 0. The Morgan fingerprint density at radius 2 is 1.55 bits per heavy atom. The maximum atomic E-state index is 6.01. The molecule has 0 saturated carbocycles. The molecule has 124 valence electrons. The second-order valence-electron chi connectivity index (χ2n) is 6.36. The minimum absolute atomic E-state index is 0.131. The number of benzene rings is 1. The summed E-state index contributed by atoms with van der Waals surface area (Å²) in [6.45, 7) is 7.34. The molecule has 0 fully saturated rings. The second-order valence-corrected chi connectivity index (χ2v) is 6.36. The van der Waals surface area contributed by atoms with E-state index in [0.29, 0.717) is 0 Å². The standard InChI is InChI=1S/C21H34O/c1-4-6-7-8-9-10-14-18-21(3,22-5-2)19-17-20-15-12-11-13-16-20/h11-13,15-17,19H,4-10,14,18H2,1-3H3. The summed E-state index contributed by atoms with van der Waals surface area (Å²) in [7, 11) is 0. The van der Waals surface area contributed by atoms with Crippen LogP contribution < -0.4 is 0 Å². The van der Waals surface area contributed by atoms with Crippen LogP contribution in [-0.2, 0) is 4.74 Å². The molecule has 1 nitrogen and oxygen atoms in total. The van der Waals surface area contributed by atoms with E-state index >= 15 is 0 Å². The van der Waals surface area contributed by atoms with Crippen LogP contribution in [0.3, 0.4) is 0 Å². The normalized spacial score (nSPS) is 14.3. The van der Waals surface area contributed by atoms with Crippen LogP contribution in [0.5, 0.6) is 0 Å². The average molecular weight is 303 g/mol. The molecule has 0 radical (unpaired) electrons. The molecule has 0 bridgehead atoms. The maximum Gasteiger partial charge on any atom is 0.0837 e. The van der Waals surface area contributed by atoms with Crippen molar-refractivity contribution in [1.82, 2.24) is 0 Å². The van der Waals surface area contributed by atoms with Crippen LogP contribution in [0.25, 0.3) is 6.08 Å². The van der Waals surface area contributed by atoms with Gasteiger partial charge in [-0.15, -0.1) is 0 Å². The fraction of sp³-hybridized carbons (Fsp3) is 0.619. The molecule has 0 N–H and O–H groups in total. The zero-order valence-electron chi connectivity index (χ0n) is 14.8. The van der Waals surface area contributed by atoms with Gasteiger partial charge >= 0.3 is 0 Å². The predicted molar refractivity (Wildman–Crippen MR) is 98.1 cm³/mol. The SMILES string of the molecule is CCCCCCCCCC(C)(C=Cc1ccccc1)OCC. The van der Waals surface area contributed by atoms with Gasteiger partial charge in [0, 0.05) is 6.61 Å². The highest BCUT2D eigenvalue weighted by Crippen LogP contribution is 2.23. The van der Waals surface area contributed by atoms with Crippen molar-refractivity contribution in [2.45, 2.75) is 77.7 Å². The van der Waals surface area contributed by atoms with Crippen molar-refractivity contribution in [3.63, 3.8) is 0 Å². The van der Waals surface area contributed by atoms with E-state index in [9.17, 15) is 0 Å². The molecule has 1 heteroatoms. The van der Waals surface area contributed by atoms with E-state index in [1.807, 2.05) is 0 Å². The molecule has 0 saturated heterocycles. The smallest absolute Gasteiger partial charge is 0.0837 e. The Hall–Kier alpha value is -1.08. The fourth-order valence-electron chi connectivity index (χ4n) is 2.80. The number of unbranched alkanes of at least 4 members (excludes halogenated alkanes) is 6. The molecular formula is C21H34O.